The highest BCUT2D eigenvalue weighted by Gasteiger charge is 2.10. The predicted octanol–water partition coefficient (Wildman–Crippen LogP) is 2.43. The van der Waals surface area contributed by atoms with Crippen LogP contribution in [0.5, 0.6) is 0 Å². The van der Waals surface area contributed by atoms with Crippen molar-refractivity contribution in [1.29, 1.82) is 0 Å². The summed E-state index contributed by atoms with van der Waals surface area (Å²) < 4.78 is 0. The third-order valence-electron chi connectivity index (χ3n) is 3.59. The van der Waals surface area contributed by atoms with Gasteiger partial charge >= 0.3 is 0 Å². The van der Waals surface area contributed by atoms with Gasteiger partial charge in [-0.1, -0.05) is 42.5 Å². The fourth-order valence-electron chi connectivity index (χ4n) is 2.43. The van der Waals surface area contributed by atoms with Gasteiger partial charge in [0.05, 0.1) is 6.61 Å². The van der Waals surface area contributed by atoms with E-state index in [0.717, 1.165) is 18.7 Å². The molecule has 2 N–H and O–H groups in total. The standard InChI is InChI=1S/C19H24N2O2/c1-15(14-22)20-19(23)18-10-6-9-17(11-18)13-21(2)12-16-7-4-3-5-8-16/h3-11,15,22H,12-14H2,1-2H3,(H,20,23). The van der Waals surface area contributed by atoms with Crippen LogP contribution in [0.1, 0.15) is 28.4 Å². The number of rotatable bonds is 7. The highest BCUT2D eigenvalue weighted by molar-refractivity contribution is 5.94. The second kappa shape index (κ2) is 8.46. The first-order chi connectivity index (χ1) is 11.1. The fourth-order valence-corrected chi connectivity index (χ4v) is 2.43. The number of hydrogen-bond acceptors (Lipinski definition) is 3. The zero-order valence-electron chi connectivity index (χ0n) is 13.7. The molecule has 0 aliphatic carbocycles. The molecule has 1 unspecified atom stereocenters. The Labute approximate surface area is 137 Å². The monoisotopic (exact) mass is 312 g/mol. The molecule has 122 valence electrons. The first kappa shape index (κ1) is 17.2. The van der Waals surface area contributed by atoms with Gasteiger partial charge in [-0.2, -0.15) is 0 Å². The maximum atomic E-state index is 12.1. The minimum absolute atomic E-state index is 0.0642. The van der Waals surface area contributed by atoms with Crippen LogP contribution in [0.2, 0.25) is 0 Å². The molecule has 4 nitrogen and oxygen atoms in total. The summed E-state index contributed by atoms with van der Waals surface area (Å²) in [4.78, 5) is 14.3. The van der Waals surface area contributed by atoms with E-state index in [1.807, 2.05) is 36.4 Å². The second-order valence-corrected chi connectivity index (χ2v) is 5.92. The summed E-state index contributed by atoms with van der Waals surface area (Å²) in [6, 6.07) is 17.7. The highest BCUT2D eigenvalue weighted by Crippen LogP contribution is 2.10. The molecular formula is C19H24N2O2. The number of carbonyl (C=O) groups is 1. The van der Waals surface area contributed by atoms with E-state index in [4.69, 9.17) is 5.11 Å². The Kier molecular flexibility index (Phi) is 6.32. The Hall–Kier alpha value is -2.17. The van der Waals surface area contributed by atoms with Crippen molar-refractivity contribution in [2.75, 3.05) is 13.7 Å². The number of aliphatic hydroxyl groups excluding tert-OH is 1. The molecule has 0 aliphatic rings. The first-order valence-electron chi connectivity index (χ1n) is 7.81. The number of carbonyl (C=O) groups excluding carboxylic acids is 1. The summed E-state index contributed by atoms with van der Waals surface area (Å²) in [7, 11) is 2.06. The van der Waals surface area contributed by atoms with Crippen molar-refractivity contribution in [3.05, 3.63) is 71.3 Å². The number of aliphatic hydroxyl groups is 1. The lowest BCUT2D eigenvalue weighted by Crippen LogP contribution is -2.35. The van der Waals surface area contributed by atoms with Crippen LogP contribution in [-0.2, 0) is 13.1 Å². The SMILES string of the molecule is CC(CO)NC(=O)c1cccc(CN(C)Cc2ccccc2)c1. The molecule has 0 fully saturated rings. The Morgan fingerprint density at radius 1 is 1.09 bits per heavy atom. The topological polar surface area (TPSA) is 52.6 Å². The molecule has 0 heterocycles. The van der Waals surface area contributed by atoms with Crippen LogP contribution in [0.15, 0.2) is 54.6 Å². The molecule has 2 rings (SSSR count). The molecule has 1 atom stereocenters. The van der Waals surface area contributed by atoms with Crippen molar-refractivity contribution in [3.63, 3.8) is 0 Å². The molecule has 4 heteroatoms. The van der Waals surface area contributed by atoms with Crippen LogP contribution in [0, 0.1) is 0 Å². The molecule has 23 heavy (non-hydrogen) atoms. The van der Waals surface area contributed by atoms with Gasteiger partial charge in [-0.25, -0.2) is 0 Å². The van der Waals surface area contributed by atoms with Crippen LogP contribution in [0.3, 0.4) is 0 Å². The lowest BCUT2D eigenvalue weighted by Gasteiger charge is -2.17. The summed E-state index contributed by atoms with van der Waals surface area (Å²) >= 11 is 0. The van der Waals surface area contributed by atoms with E-state index in [1.165, 1.54) is 5.56 Å². The van der Waals surface area contributed by atoms with E-state index >= 15 is 0 Å². The third-order valence-corrected chi connectivity index (χ3v) is 3.59. The summed E-state index contributed by atoms with van der Waals surface area (Å²) in [5, 5.41) is 11.8. The van der Waals surface area contributed by atoms with Gasteiger partial charge in [0.2, 0.25) is 0 Å². The van der Waals surface area contributed by atoms with Gasteiger partial charge < -0.3 is 10.4 Å². The van der Waals surface area contributed by atoms with Crippen LogP contribution < -0.4 is 5.32 Å². The highest BCUT2D eigenvalue weighted by atomic mass is 16.3. The fraction of sp³-hybridized carbons (Fsp3) is 0.316. The van der Waals surface area contributed by atoms with Gasteiger partial charge in [0.25, 0.3) is 5.91 Å². The zero-order chi connectivity index (χ0) is 16.7. The third kappa shape index (κ3) is 5.51. The Morgan fingerprint density at radius 3 is 2.43 bits per heavy atom. The van der Waals surface area contributed by atoms with E-state index in [9.17, 15) is 4.79 Å². The second-order valence-electron chi connectivity index (χ2n) is 5.92. The largest absolute Gasteiger partial charge is 0.394 e. The maximum Gasteiger partial charge on any atom is 0.251 e. The molecule has 0 saturated heterocycles. The van der Waals surface area contributed by atoms with Crippen molar-refractivity contribution in [2.24, 2.45) is 0 Å². The number of benzene rings is 2. The number of nitrogens with one attached hydrogen (secondary N) is 1. The van der Waals surface area contributed by atoms with E-state index < -0.39 is 0 Å². The molecule has 0 aliphatic heterocycles. The molecule has 2 aromatic rings. The quantitative estimate of drug-likeness (QED) is 0.825. The average Bonchev–Trinajstić information content (AvgIpc) is 2.55. The Balaban J connectivity index is 1.98. The van der Waals surface area contributed by atoms with Gasteiger partial charge in [-0.3, -0.25) is 9.69 Å². The molecule has 0 saturated carbocycles. The summed E-state index contributed by atoms with van der Waals surface area (Å²) in [5.74, 6) is -0.154. The maximum absolute atomic E-state index is 12.1. The lowest BCUT2D eigenvalue weighted by atomic mass is 10.1. The van der Waals surface area contributed by atoms with Crippen LogP contribution in [0.4, 0.5) is 0 Å². The smallest absolute Gasteiger partial charge is 0.251 e. The van der Waals surface area contributed by atoms with Crippen LogP contribution >= 0.6 is 0 Å². The van der Waals surface area contributed by atoms with Crippen LogP contribution in [0.25, 0.3) is 0 Å². The molecule has 0 radical (unpaired) electrons. The van der Waals surface area contributed by atoms with Gasteiger partial charge in [-0.05, 0) is 37.2 Å². The van der Waals surface area contributed by atoms with E-state index in [-0.39, 0.29) is 18.6 Å². The summed E-state index contributed by atoms with van der Waals surface area (Å²) in [6.07, 6.45) is 0. The molecular weight excluding hydrogens is 288 g/mol. The van der Waals surface area contributed by atoms with Gasteiger partial charge in [0.1, 0.15) is 0 Å². The molecule has 1 amide bonds. The molecule has 0 spiro atoms. The number of hydrogen-bond donors (Lipinski definition) is 2. The van der Waals surface area contributed by atoms with Crippen molar-refractivity contribution in [3.8, 4) is 0 Å². The van der Waals surface area contributed by atoms with Crippen molar-refractivity contribution in [1.82, 2.24) is 10.2 Å². The van der Waals surface area contributed by atoms with E-state index in [1.54, 1.807) is 13.0 Å². The van der Waals surface area contributed by atoms with Crippen LogP contribution in [-0.4, -0.2) is 35.6 Å². The Morgan fingerprint density at radius 2 is 1.74 bits per heavy atom. The average molecular weight is 312 g/mol. The molecule has 2 aromatic carbocycles. The van der Waals surface area contributed by atoms with Crippen molar-refractivity contribution >= 4 is 5.91 Å². The van der Waals surface area contributed by atoms with Crippen molar-refractivity contribution < 1.29 is 9.90 Å². The summed E-state index contributed by atoms with van der Waals surface area (Å²) in [6.45, 7) is 3.34. The zero-order valence-corrected chi connectivity index (χ0v) is 13.7. The van der Waals surface area contributed by atoms with Gasteiger partial charge in [0.15, 0.2) is 0 Å². The van der Waals surface area contributed by atoms with Gasteiger partial charge in [0, 0.05) is 24.7 Å². The predicted molar refractivity (Wildman–Crippen MR) is 92.1 cm³/mol. The Bertz CT molecular complexity index is 628. The van der Waals surface area contributed by atoms with Crippen molar-refractivity contribution in [2.45, 2.75) is 26.1 Å². The minimum atomic E-state index is -0.244. The molecule has 0 bridgehead atoms. The van der Waals surface area contributed by atoms with E-state index in [2.05, 4.69) is 29.4 Å². The lowest BCUT2D eigenvalue weighted by molar-refractivity contribution is 0.0922. The normalized spacial score (nSPS) is 12.2. The first-order valence-corrected chi connectivity index (χ1v) is 7.81. The number of nitrogens with zero attached hydrogens (tertiary/aromatic N) is 1. The van der Waals surface area contributed by atoms with E-state index in [0.29, 0.717) is 5.56 Å². The minimum Gasteiger partial charge on any atom is -0.394 e. The number of amides is 1. The van der Waals surface area contributed by atoms with Gasteiger partial charge in [-0.15, -0.1) is 0 Å². The summed E-state index contributed by atoms with van der Waals surface area (Å²) in [5.41, 5.74) is 2.98. The molecule has 0 aromatic heterocycles.